The van der Waals surface area contributed by atoms with Crippen LogP contribution in [0.5, 0.6) is 0 Å². The van der Waals surface area contributed by atoms with Crippen molar-refractivity contribution in [2.24, 2.45) is 0 Å². The van der Waals surface area contributed by atoms with Crippen molar-refractivity contribution >= 4 is 22.8 Å². The van der Waals surface area contributed by atoms with Gasteiger partial charge in [0.1, 0.15) is 11.7 Å². The van der Waals surface area contributed by atoms with E-state index in [-0.39, 0.29) is 17.9 Å². The van der Waals surface area contributed by atoms with Gasteiger partial charge in [-0.25, -0.2) is 0 Å². The number of esters is 1. The molecule has 1 aromatic heterocycles. The number of nitrogens with one attached hydrogen (secondary N) is 1. The van der Waals surface area contributed by atoms with Gasteiger partial charge in [0.15, 0.2) is 0 Å². The fourth-order valence-corrected chi connectivity index (χ4v) is 3.41. The minimum Gasteiger partial charge on any atom is -0.464 e. The van der Waals surface area contributed by atoms with Crippen molar-refractivity contribution in [1.29, 1.82) is 0 Å². The summed E-state index contributed by atoms with van der Waals surface area (Å²) in [6.45, 7) is 3.21. The summed E-state index contributed by atoms with van der Waals surface area (Å²) in [7, 11) is 0. The van der Waals surface area contributed by atoms with Crippen LogP contribution in [-0.2, 0) is 9.53 Å². The zero-order valence-corrected chi connectivity index (χ0v) is 12.8. The van der Waals surface area contributed by atoms with E-state index < -0.39 is 0 Å². The molecule has 23 heavy (non-hydrogen) atoms. The first-order valence-corrected chi connectivity index (χ1v) is 8.00. The first-order valence-electron chi connectivity index (χ1n) is 8.00. The first-order chi connectivity index (χ1) is 11.2. The number of cyclic esters (lactones) is 1. The zero-order chi connectivity index (χ0) is 15.8. The maximum absolute atomic E-state index is 12.6. The lowest BCUT2D eigenvalue weighted by atomic mass is 10.1. The molecule has 2 aliphatic heterocycles. The van der Waals surface area contributed by atoms with E-state index in [2.05, 4.69) is 9.88 Å². The van der Waals surface area contributed by atoms with Crippen LogP contribution in [0.2, 0.25) is 0 Å². The highest BCUT2D eigenvalue weighted by molar-refractivity contribution is 5.98. The number of aromatic nitrogens is 1. The fraction of sp³-hybridized carbons (Fsp3) is 0.412. The number of rotatable bonds is 2. The van der Waals surface area contributed by atoms with Crippen LogP contribution in [0.3, 0.4) is 0 Å². The third kappa shape index (κ3) is 2.59. The molecule has 1 N–H and O–H groups in total. The Morgan fingerprint density at radius 3 is 2.65 bits per heavy atom. The van der Waals surface area contributed by atoms with Gasteiger partial charge in [0.25, 0.3) is 5.91 Å². The van der Waals surface area contributed by atoms with Crippen molar-refractivity contribution < 1.29 is 14.3 Å². The number of nitrogens with zero attached hydrogens (tertiary/aromatic N) is 2. The molecule has 6 heteroatoms. The average molecular weight is 313 g/mol. The van der Waals surface area contributed by atoms with Crippen LogP contribution in [0.15, 0.2) is 30.3 Å². The molecule has 0 aliphatic carbocycles. The number of carbonyl (C=O) groups is 2. The van der Waals surface area contributed by atoms with Gasteiger partial charge < -0.3 is 14.6 Å². The van der Waals surface area contributed by atoms with E-state index in [4.69, 9.17) is 4.74 Å². The van der Waals surface area contributed by atoms with Gasteiger partial charge in [-0.15, -0.1) is 0 Å². The van der Waals surface area contributed by atoms with Crippen LogP contribution in [0.4, 0.5) is 0 Å². The summed E-state index contributed by atoms with van der Waals surface area (Å²) in [5, 5.41) is 1.04. The van der Waals surface area contributed by atoms with Gasteiger partial charge in [0.05, 0.1) is 6.61 Å². The summed E-state index contributed by atoms with van der Waals surface area (Å²) >= 11 is 0. The number of aromatic amines is 1. The molecular weight excluding hydrogens is 294 g/mol. The molecule has 3 heterocycles. The number of fused-ring (bicyclic) bond motifs is 1. The Balaban J connectivity index is 1.43. The number of amides is 1. The predicted molar refractivity (Wildman–Crippen MR) is 85.1 cm³/mol. The first kappa shape index (κ1) is 14.3. The second-order valence-electron chi connectivity index (χ2n) is 6.07. The van der Waals surface area contributed by atoms with Crippen LogP contribution in [0.25, 0.3) is 10.9 Å². The Kier molecular flexibility index (Phi) is 3.53. The van der Waals surface area contributed by atoms with Gasteiger partial charge in [-0.05, 0) is 12.1 Å². The van der Waals surface area contributed by atoms with Crippen molar-refractivity contribution in [3.63, 3.8) is 0 Å². The van der Waals surface area contributed by atoms with Gasteiger partial charge in [0.2, 0.25) is 0 Å². The molecule has 1 amide bonds. The molecule has 2 saturated heterocycles. The highest BCUT2D eigenvalue weighted by Crippen LogP contribution is 2.19. The Labute approximate surface area is 134 Å². The average Bonchev–Trinajstić information content (AvgIpc) is 3.20. The van der Waals surface area contributed by atoms with E-state index in [9.17, 15) is 9.59 Å². The standard InChI is InChI=1S/C17H19N3O3/c21-16(14-11-12-3-1-2-4-13(12)18-14)20-8-6-19(7-9-20)15-5-10-23-17(15)22/h1-4,11,15,18H,5-10H2. The smallest absolute Gasteiger partial charge is 0.323 e. The lowest BCUT2D eigenvalue weighted by molar-refractivity contribution is -0.142. The van der Waals surface area contributed by atoms with E-state index in [0.717, 1.165) is 17.3 Å². The third-order valence-corrected chi connectivity index (χ3v) is 4.71. The summed E-state index contributed by atoms with van der Waals surface area (Å²) in [5.74, 6) is -0.102. The molecule has 4 rings (SSSR count). The highest BCUT2D eigenvalue weighted by Gasteiger charge is 2.35. The molecule has 2 aliphatic rings. The molecule has 1 aromatic carbocycles. The molecule has 2 fully saturated rings. The second kappa shape index (κ2) is 5.70. The number of piperazine rings is 1. The lowest BCUT2D eigenvalue weighted by Crippen LogP contribution is -2.53. The number of hydrogen-bond acceptors (Lipinski definition) is 4. The van der Waals surface area contributed by atoms with Crippen LogP contribution in [0, 0.1) is 0 Å². The number of ether oxygens (including phenoxy) is 1. The highest BCUT2D eigenvalue weighted by atomic mass is 16.5. The summed E-state index contributed by atoms with van der Waals surface area (Å²) in [4.78, 5) is 31.5. The van der Waals surface area contributed by atoms with Gasteiger partial charge >= 0.3 is 5.97 Å². The normalized spacial score (nSPS) is 22.5. The van der Waals surface area contributed by atoms with Crippen molar-refractivity contribution in [2.75, 3.05) is 32.8 Å². The van der Waals surface area contributed by atoms with Gasteiger partial charge in [-0.2, -0.15) is 0 Å². The minimum atomic E-state index is -0.125. The van der Waals surface area contributed by atoms with Crippen molar-refractivity contribution in [3.05, 3.63) is 36.0 Å². The summed E-state index contributed by atoms with van der Waals surface area (Å²) in [6, 6.07) is 9.65. The summed E-state index contributed by atoms with van der Waals surface area (Å²) in [5.41, 5.74) is 1.60. The Bertz CT molecular complexity index is 713. The summed E-state index contributed by atoms with van der Waals surface area (Å²) < 4.78 is 5.03. The van der Waals surface area contributed by atoms with E-state index >= 15 is 0 Å². The predicted octanol–water partition coefficient (Wildman–Crippen LogP) is 1.24. The Morgan fingerprint density at radius 1 is 1.17 bits per heavy atom. The van der Waals surface area contributed by atoms with Gasteiger partial charge in [-0.1, -0.05) is 18.2 Å². The molecule has 120 valence electrons. The van der Waals surface area contributed by atoms with Crippen molar-refractivity contribution in [1.82, 2.24) is 14.8 Å². The molecular formula is C17H19N3O3. The van der Waals surface area contributed by atoms with Crippen molar-refractivity contribution in [2.45, 2.75) is 12.5 Å². The van der Waals surface area contributed by atoms with E-state index in [1.54, 1.807) is 0 Å². The number of para-hydroxylation sites is 1. The monoisotopic (exact) mass is 313 g/mol. The van der Waals surface area contributed by atoms with Gasteiger partial charge in [-0.3, -0.25) is 14.5 Å². The molecule has 6 nitrogen and oxygen atoms in total. The topological polar surface area (TPSA) is 65.6 Å². The number of hydrogen-bond donors (Lipinski definition) is 1. The Morgan fingerprint density at radius 2 is 1.96 bits per heavy atom. The van der Waals surface area contributed by atoms with E-state index in [0.29, 0.717) is 38.5 Å². The summed E-state index contributed by atoms with van der Waals surface area (Å²) in [6.07, 6.45) is 0.759. The van der Waals surface area contributed by atoms with Crippen molar-refractivity contribution in [3.8, 4) is 0 Å². The maximum atomic E-state index is 12.6. The van der Waals surface area contributed by atoms with Gasteiger partial charge in [0, 0.05) is 43.5 Å². The SMILES string of the molecule is O=C1OCCC1N1CCN(C(=O)c2cc3ccccc3[nH]2)CC1. The van der Waals surface area contributed by atoms with Crippen LogP contribution < -0.4 is 0 Å². The van der Waals surface area contributed by atoms with E-state index in [1.807, 2.05) is 35.2 Å². The van der Waals surface area contributed by atoms with Crippen LogP contribution in [0.1, 0.15) is 16.9 Å². The van der Waals surface area contributed by atoms with Crippen LogP contribution in [-0.4, -0.2) is 65.5 Å². The molecule has 2 aromatic rings. The number of benzene rings is 1. The quantitative estimate of drug-likeness (QED) is 0.847. The minimum absolute atomic E-state index is 0.0230. The molecule has 0 saturated carbocycles. The lowest BCUT2D eigenvalue weighted by Gasteiger charge is -2.36. The molecule has 0 bridgehead atoms. The second-order valence-corrected chi connectivity index (χ2v) is 6.07. The number of carbonyl (C=O) groups excluding carboxylic acids is 2. The molecule has 0 radical (unpaired) electrons. The fourth-order valence-electron chi connectivity index (χ4n) is 3.41. The van der Waals surface area contributed by atoms with Crippen LogP contribution >= 0.6 is 0 Å². The van der Waals surface area contributed by atoms with E-state index in [1.165, 1.54) is 0 Å². The number of H-pyrrole nitrogens is 1. The maximum Gasteiger partial charge on any atom is 0.323 e. The third-order valence-electron chi connectivity index (χ3n) is 4.71. The molecule has 0 spiro atoms. The largest absolute Gasteiger partial charge is 0.464 e. The molecule has 1 unspecified atom stereocenters. The zero-order valence-electron chi connectivity index (χ0n) is 12.8. The molecule has 1 atom stereocenters. The Hall–Kier alpha value is -2.34.